The molecule has 0 unspecified atom stereocenters. The number of methoxy groups -OCH3 is 1. The molecule has 1 amide bonds. The highest BCUT2D eigenvalue weighted by molar-refractivity contribution is 5.77. The van der Waals surface area contributed by atoms with Gasteiger partial charge < -0.3 is 19.1 Å². The minimum Gasteiger partial charge on any atom is -0.481 e. The van der Waals surface area contributed by atoms with E-state index in [0.29, 0.717) is 38.3 Å². The van der Waals surface area contributed by atoms with Crippen molar-refractivity contribution in [1.82, 2.24) is 14.5 Å². The predicted molar refractivity (Wildman–Crippen MR) is 107 cm³/mol. The first-order chi connectivity index (χ1) is 14.6. The standard InChI is InChI=1S/C21H23F3N4O3/c1-12-4-19(29)26(2)16-11-28(10-15(12)16)20(30)5-13-8-27(9-13)14-6-17(21(22,23)24)25-18(7-14)31-3/h4,6-7,13H,5,8-11H2,1-3H3. The molecule has 2 aliphatic heterocycles. The minimum absolute atomic E-state index is 0.0176. The summed E-state index contributed by atoms with van der Waals surface area (Å²) in [5.41, 5.74) is 2.03. The Morgan fingerprint density at radius 1 is 1.23 bits per heavy atom. The van der Waals surface area contributed by atoms with E-state index in [2.05, 4.69) is 4.98 Å². The van der Waals surface area contributed by atoms with E-state index in [4.69, 9.17) is 4.74 Å². The molecule has 4 rings (SSSR count). The summed E-state index contributed by atoms with van der Waals surface area (Å²) >= 11 is 0. The number of hydrogen-bond acceptors (Lipinski definition) is 5. The smallest absolute Gasteiger partial charge is 0.433 e. The van der Waals surface area contributed by atoms with E-state index in [-0.39, 0.29) is 23.3 Å². The van der Waals surface area contributed by atoms with Gasteiger partial charge in [-0.2, -0.15) is 13.2 Å². The van der Waals surface area contributed by atoms with Gasteiger partial charge in [-0.3, -0.25) is 9.59 Å². The number of aryl methyl sites for hydroxylation is 1. The minimum atomic E-state index is -4.56. The number of anilines is 1. The van der Waals surface area contributed by atoms with E-state index in [9.17, 15) is 22.8 Å². The Bertz CT molecular complexity index is 1090. The number of ether oxygens (including phenoxy) is 1. The molecular weight excluding hydrogens is 413 g/mol. The van der Waals surface area contributed by atoms with Crippen LogP contribution in [0.2, 0.25) is 0 Å². The molecule has 0 N–H and O–H groups in total. The van der Waals surface area contributed by atoms with Crippen LogP contribution in [0, 0.1) is 12.8 Å². The highest BCUT2D eigenvalue weighted by Crippen LogP contribution is 2.35. The van der Waals surface area contributed by atoms with Crippen LogP contribution in [0.5, 0.6) is 5.88 Å². The number of alkyl halides is 3. The van der Waals surface area contributed by atoms with Crippen LogP contribution in [0.3, 0.4) is 0 Å². The van der Waals surface area contributed by atoms with E-state index in [1.165, 1.54) is 13.2 Å². The molecule has 0 spiro atoms. The summed E-state index contributed by atoms with van der Waals surface area (Å²) < 4.78 is 45.7. The van der Waals surface area contributed by atoms with E-state index >= 15 is 0 Å². The van der Waals surface area contributed by atoms with Gasteiger partial charge in [0.05, 0.1) is 13.7 Å². The molecule has 0 aromatic carbocycles. The van der Waals surface area contributed by atoms with Gasteiger partial charge in [-0.05, 0) is 24.1 Å². The Balaban J connectivity index is 1.39. The lowest BCUT2D eigenvalue weighted by Crippen LogP contribution is -2.48. The van der Waals surface area contributed by atoms with E-state index < -0.39 is 11.9 Å². The molecule has 2 aromatic rings. The lowest BCUT2D eigenvalue weighted by Gasteiger charge is -2.41. The monoisotopic (exact) mass is 436 g/mol. The van der Waals surface area contributed by atoms with Crippen molar-refractivity contribution in [2.24, 2.45) is 13.0 Å². The number of rotatable bonds is 4. The van der Waals surface area contributed by atoms with Gasteiger partial charge in [0.2, 0.25) is 11.8 Å². The van der Waals surface area contributed by atoms with Crippen LogP contribution in [0.4, 0.5) is 18.9 Å². The number of hydrogen-bond donors (Lipinski definition) is 0. The van der Waals surface area contributed by atoms with Crippen LogP contribution in [0.25, 0.3) is 0 Å². The average Bonchev–Trinajstić information content (AvgIpc) is 3.14. The maximum Gasteiger partial charge on any atom is 0.433 e. The number of pyridine rings is 2. The molecule has 0 atom stereocenters. The third-order valence-corrected chi connectivity index (χ3v) is 6.01. The van der Waals surface area contributed by atoms with Crippen molar-refractivity contribution in [1.29, 1.82) is 0 Å². The molecule has 1 fully saturated rings. The van der Waals surface area contributed by atoms with Crippen LogP contribution < -0.4 is 15.2 Å². The molecule has 0 bridgehead atoms. The third kappa shape index (κ3) is 3.98. The van der Waals surface area contributed by atoms with Gasteiger partial charge in [-0.1, -0.05) is 0 Å². The van der Waals surface area contributed by atoms with Gasteiger partial charge in [-0.15, -0.1) is 0 Å². The number of aromatic nitrogens is 2. The van der Waals surface area contributed by atoms with Gasteiger partial charge in [0.1, 0.15) is 0 Å². The van der Waals surface area contributed by atoms with E-state index in [1.54, 1.807) is 27.5 Å². The Morgan fingerprint density at radius 2 is 1.94 bits per heavy atom. The van der Waals surface area contributed by atoms with Crippen LogP contribution in [-0.2, 0) is 31.1 Å². The van der Waals surface area contributed by atoms with Crippen LogP contribution in [0.1, 0.15) is 28.9 Å². The lowest BCUT2D eigenvalue weighted by molar-refractivity contribution is -0.141. The Kier molecular flexibility index (Phi) is 5.18. The number of carbonyl (C=O) groups is 1. The summed E-state index contributed by atoms with van der Waals surface area (Å²) in [6, 6.07) is 4.05. The first-order valence-electron chi connectivity index (χ1n) is 9.91. The highest BCUT2D eigenvalue weighted by Gasteiger charge is 2.37. The zero-order valence-electron chi connectivity index (χ0n) is 17.5. The molecule has 1 saturated heterocycles. The number of fused-ring (bicyclic) bond motifs is 1. The van der Waals surface area contributed by atoms with Crippen molar-refractivity contribution in [3.05, 3.63) is 51.1 Å². The topological polar surface area (TPSA) is 67.7 Å². The molecular formula is C21H23F3N4O3. The van der Waals surface area contributed by atoms with Gasteiger partial charge in [-0.25, -0.2) is 4.98 Å². The molecule has 0 aliphatic carbocycles. The average molecular weight is 436 g/mol. The lowest BCUT2D eigenvalue weighted by atomic mass is 9.95. The van der Waals surface area contributed by atoms with Gasteiger partial charge in [0, 0.05) is 62.5 Å². The first kappa shape index (κ1) is 21.2. The van der Waals surface area contributed by atoms with Gasteiger partial charge in [0.15, 0.2) is 5.69 Å². The molecule has 166 valence electrons. The van der Waals surface area contributed by atoms with Crippen LogP contribution >= 0.6 is 0 Å². The van der Waals surface area contributed by atoms with E-state index in [1.807, 2.05) is 6.92 Å². The Morgan fingerprint density at radius 3 is 2.58 bits per heavy atom. The van der Waals surface area contributed by atoms with E-state index in [0.717, 1.165) is 22.9 Å². The summed E-state index contributed by atoms with van der Waals surface area (Å²) in [6.45, 7) is 3.70. The zero-order valence-corrected chi connectivity index (χ0v) is 17.5. The van der Waals surface area contributed by atoms with Crippen molar-refractivity contribution in [2.45, 2.75) is 32.6 Å². The van der Waals surface area contributed by atoms with Gasteiger partial charge in [0.25, 0.3) is 5.56 Å². The molecule has 0 radical (unpaired) electrons. The van der Waals surface area contributed by atoms with Gasteiger partial charge >= 0.3 is 6.18 Å². The van der Waals surface area contributed by atoms with Crippen LogP contribution in [0.15, 0.2) is 23.0 Å². The quantitative estimate of drug-likeness (QED) is 0.737. The molecule has 31 heavy (non-hydrogen) atoms. The summed E-state index contributed by atoms with van der Waals surface area (Å²) in [6.07, 6.45) is -4.25. The molecule has 2 aliphatic rings. The number of amides is 1. The SMILES string of the molecule is COc1cc(N2CC(CC(=O)N3Cc4c(C)cc(=O)n(C)c4C3)C2)cc(C(F)(F)F)n1. The zero-order chi connectivity index (χ0) is 22.5. The summed E-state index contributed by atoms with van der Waals surface area (Å²) in [4.78, 5) is 31.8. The number of carbonyl (C=O) groups excluding carboxylic acids is 1. The molecule has 10 heteroatoms. The molecule has 4 heterocycles. The highest BCUT2D eigenvalue weighted by atomic mass is 19.4. The fraction of sp³-hybridized carbons (Fsp3) is 0.476. The normalized spacial score (nSPS) is 16.3. The fourth-order valence-corrected chi connectivity index (χ4v) is 4.16. The summed E-state index contributed by atoms with van der Waals surface area (Å²) in [5.74, 6) is -0.0641. The number of halogens is 3. The third-order valence-electron chi connectivity index (χ3n) is 6.01. The largest absolute Gasteiger partial charge is 0.481 e. The second-order valence-electron chi connectivity index (χ2n) is 8.13. The Labute approximate surface area is 177 Å². The summed E-state index contributed by atoms with van der Waals surface area (Å²) in [5, 5.41) is 0. The first-order valence-corrected chi connectivity index (χ1v) is 9.91. The van der Waals surface area contributed by atoms with Crippen molar-refractivity contribution in [3.8, 4) is 5.88 Å². The van der Waals surface area contributed by atoms with Crippen molar-refractivity contribution >= 4 is 11.6 Å². The van der Waals surface area contributed by atoms with Crippen molar-refractivity contribution < 1.29 is 22.7 Å². The molecule has 7 nitrogen and oxygen atoms in total. The molecule has 0 saturated carbocycles. The molecule has 2 aromatic heterocycles. The van der Waals surface area contributed by atoms with Crippen LogP contribution in [-0.4, -0.2) is 40.6 Å². The van der Waals surface area contributed by atoms with Crippen molar-refractivity contribution in [3.63, 3.8) is 0 Å². The maximum atomic E-state index is 13.1. The fourth-order valence-electron chi connectivity index (χ4n) is 4.16. The second-order valence-corrected chi connectivity index (χ2v) is 8.13. The second kappa shape index (κ2) is 7.58. The Hall–Kier alpha value is -3.04. The summed E-state index contributed by atoms with van der Waals surface area (Å²) in [7, 11) is 2.98. The predicted octanol–water partition coefficient (Wildman–Crippen LogP) is 2.48. The van der Waals surface area contributed by atoms with Crippen molar-refractivity contribution in [2.75, 3.05) is 25.1 Å². The number of nitrogens with zero attached hydrogens (tertiary/aromatic N) is 4. The maximum absolute atomic E-state index is 13.1.